The molecule has 4 aromatic rings. The molecule has 5 rings (SSSR count). The van der Waals surface area contributed by atoms with E-state index in [1.807, 2.05) is 72.8 Å². The van der Waals surface area contributed by atoms with Crippen LogP contribution >= 0.6 is 11.6 Å². The van der Waals surface area contributed by atoms with E-state index in [4.69, 9.17) is 16.3 Å². The van der Waals surface area contributed by atoms with Gasteiger partial charge >= 0.3 is 0 Å². The molecule has 1 aromatic heterocycles. The van der Waals surface area contributed by atoms with E-state index in [0.717, 1.165) is 11.3 Å². The topological polar surface area (TPSA) is 73.1 Å². The first-order chi connectivity index (χ1) is 15.2. The molecule has 1 amide bonds. The molecule has 0 aliphatic carbocycles. The third kappa shape index (κ3) is 3.75. The Morgan fingerprint density at radius 2 is 1.74 bits per heavy atom. The second kappa shape index (κ2) is 8.20. The lowest BCUT2D eigenvalue weighted by Gasteiger charge is -2.37. The highest BCUT2D eigenvalue weighted by molar-refractivity contribution is 6.33. The molecule has 0 radical (unpaired) electrons. The van der Waals surface area contributed by atoms with Crippen LogP contribution in [0.4, 0.5) is 5.69 Å². The van der Waals surface area contributed by atoms with Gasteiger partial charge in [0.2, 0.25) is 5.82 Å². The molecule has 1 atom stereocenters. The molecule has 1 aliphatic heterocycles. The third-order valence-electron chi connectivity index (χ3n) is 5.13. The summed E-state index contributed by atoms with van der Waals surface area (Å²) in [6, 6.07) is 24.4. The summed E-state index contributed by atoms with van der Waals surface area (Å²) >= 11 is 6.23. The quantitative estimate of drug-likeness (QED) is 0.485. The molecular weight excluding hydrogens is 414 g/mol. The highest BCUT2D eigenvalue weighted by atomic mass is 35.5. The molecule has 7 nitrogen and oxygen atoms in total. The number of halogens is 1. The number of rotatable bonds is 4. The van der Waals surface area contributed by atoms with Crippen LogP contribution in [-0.4, -0.2) is 32.7 Å². The molecule has 0 unspecified atom stereocenters. The van der Waals surface area contributed by atoms with Crippen LogP contribution in [0, 0.1) is 0 Å². The molecule has 0 saturated carbocycles. The zero-order valence-corrected chi connectivity index (χ0v) is 17.2. The maximum absolute atomic E-state index is 13.4. The van der Waals surface area contributed by atoms with Crippen molar-refractivity contribution in [3.05, 3.63) is 89.4 Å². The van der Waals surface area contributed by atoms with Gasteiger partial charge in [0.05, 0.1) is 16.8 Å². The van der Waals surface area contributed by atoms with Crippen molar-refractivity contribution in [2.75, 3.05) is 11.5 Å². The van der Waals surface area contributed by atoms with Crippen LogP contribution in [0.3, 0.4) is 0 Å². The zero-order chi connectivity index (χ0) is 21.2. The summed E-state index contributed by atoms with van der Waals surface area (Å²) in [6.07, 6.45) is 0. The van der Waals surface area contributed by atoms with Crippen molar-refractivity contribution in [2.24, 2.45) is 0 Å². The molecule has 3 aromatic carbocycles. The minimum Gasteiger partial charge on any atom is -0.489 e. The number of tetrazole rings is 1. The summed E-state index contributed by atoms with van der Waals surface area (Å²) in [5.41, 5.74) is 2.38. The van der Waals surface area contributed by atoms with Gasteiger partial charge in [0.1, 0.15) is 18.9 Å². The summed E-state index contributed by atoms with van der Waals surface area (Å²) in [4.78, 5) is 16.5. The molecule has 0 saturated heterocycles. The Kier molecular flexibility index (Phi) is 5.09. The SMILES string of the molecule is O=C(Cn1nnc(-c2ccccc2Cl)n1)N1c2ccccc2OC[C@H]1c1ccccc1. The Balaban J connectivity index is 1.46. The van der Waals surface area contributed by atoms with E-state index >= 15 is 0 Å². The minimum atomic E-state index is -0.254. The molecule has 0 N–H and O–H groups in total. The van der Waals surface area contributed by atoms with Gasteiger partial charge in [-0.3, -0.25) is 9.69 Å². The van der Waals surface area contributed by atoms with Crippen molar-refractivity contribution in [3.8, 4) is 17.1 Å². The second-order valence-electron chi connectivity index (χ2n) is 7.09. The molecule has 154 valence electrons. The Morgan fingerprint density at radius 3 is 2.58 bits per heavy atom. The van der Waals surface area contributed by atoms with Crippen molar-refractivity contribution in [1.82, 2.24) is 20.2 Å². The molecule has 31 heavy (non-hydrogen) atoms. The van der Waals surface area contributed by atoms with Crippen LogP contribution in [0.25, 0.3) is 11.4 Å². The van der Waals surface area contributed by atoms with Crippen molar-refractivity contribution < 1.29 is 9.53 Å². The Hall–Kier alpha value is -3.71. The van der Waals surface area contributed by atoms with Gasteiger partial charge in [-0.05, 0) is 35.0 Å². The van der Waals surface area contributed by atoms with Crippen LogP contribution in [0.5, 0.6) is 5.75 Å². The van der Waals surface area contributed by atoms with Gasteiger partial charge in [0.15, 0.2) is 0 Å². The number of benzene rings is 3. The second-order valence-corrected chi connectivity index (χ2v) is 7.50. The first kappa shape index (κ1) is 19.3. The molecule has 0 fully saturated rings. The van der Waals surface area contributed by atoms with E-state index in [9.17, 15) is 4.79 Å². The fraction of sp³-hybridized carbons (Fsp3) is 0.130. The number of aromatic nitrogens is 4. The van der Waals surface area contributed by atoms with E-state index in [-0.39, 0.29) is 18.5 Å². The van der Waals surface area contributed by atoms with Crippen LogP contribution in [0.2, 0.25) is 5.02 Å². The number of nitrogens with zero attached hydrogens (tertiary/aromatic N) is 5. The lowest BCUT2D eigenvalue weighted by atomic mass is 10.0. The van der Waals surface area contributed by atoms with Crippen molar-refractivity contribution in [1.29, 1.82) is 0 Å². The summed E-state index contributed by atoms with van der Waals surface area (Å²) < 4.78 is 5.94. The number of para-hydroxylation sites is 2. The summed E-state index contributed by atoms with van der Waals surface area (Å²) in [7, 11) is 0. The Bertz CT molecular complexity index is 1230. The van der Waals surface area contributed by atoms with E-state index in [1.54, 1.807) is 11.0 Å². The number of carbonyl (C=O) groups is 1. The van der Waals surface area contributed by atoms with Gasteiger partial charge in [-0.25, -0.2) is 0 Å². The molecule has 0 bridgehead atoms. The smallest absolute Gasteiger partial charge is 0.251 e. The first-order valence-electron chi connectivity index (χ1n) is 9.82. The highest BCUT2D eigenvalue weighted by Gasteiger charge is 2.33. The van der Waals surface area contributed by atoms with Gasteiger partial charge in [0.25, 0.3) is 5.91 Å². The highest BCUT2D eigenvalue weighted by Crippen LogP contribution is 2.39. The number of anilines is 1. The lowest BCUT2D eigenvalue weighted by Crippen LogP contribution is -2.43. The van der Waals surface area contributed by atoms with Crippen LogP contribution in [-0.2, 0) is 11.3 Å². The maximum atomic E-state index is 13.4. The fourth-order valence-corrected chi connectivity index (χ4v) is 3.90. The largest absolute Gasteiger partial charge is 0.489 e. The molecule has 0 spiro atoms. The summed E-state index contributed by atoms with van der Waals surface area (Å²) in [5, 5.41) is 13.0. The lowest BCUT2D eigenvalue weighted by molar-refractivity contribution is -0.120. The van der Waals surface area contributed by atoms with E-state index in [0.29, 0.717) is 28.8 Å². The number of amides is 1. The molecule has 2 heterocycles. The third-order valence-corrected chi connectivity index (χ3v) is 5.46. The molecular formula is C23H18ClN5O2. The average molecular weight is 432 g/mol. The van der Waals surface area contributed by atoms with Gasteiger partial charge in [-0.15, -0.1) is 10.2 Å². The number of fused-ring (bicyclic) bond motifs is 1. The van der Waals surface area contributed by atoms with Gasteiger partial charge < -0.3 is 4.74 Å². The van der Waals surface area contributed by atoms with Gasteiger partial charge in [-0.1, -0.05) is 66.2 Å². The molecule has 1 aliphatic rings. The number of ether oxygens (including phenoxy) is 1. The maximum Gasteiger partial charge on any atom is 0.251 e. The number of hydrogen-bond donors (Lipinski definition) is 0. The average Bonchev–Trinajstić information content (AvgIpc) is 3.27. The first-order valence-corrected chi connectivity index (χ1v) is 10.2. The van der Waals surface area contributed by atoms with E-state index in [1.165, 1.54) is 4.80 Å². The monoisotopic (exact) mass is 431 g/mol. The minimum absolute atomic E-state index is 0.0604. The summed E-state index contributed by atoms with van der Waals surface area (Å²) in [5.74, 6) is 0.888. The van der Waals surface area contributed by atoms with E-state index < -0.39 is 0 Å². The van der Waals surface area contributed by atoms with E-state index in [2.05, 4.69) is 15.4 Å². The van der Waals surface area contributed by atoms with Gasteiger partial charge in [0, 0.05) is 5.56 Å². The standard InChI is InChI=1S/C23H18ClN5O2/c24-18-11-5-4-10-17(18)23-25-27-28(26-23)14-22(30)29-19-12-6-7-13-21(19)31-15-20(29)16-8-2-1-3-9-16/h1-13,20H,14-15H2/t20-/m0/s1. The zero-order valence-electron chi connectivity index (χ0n) is 16.4. The Labute approximate surface area is 183 Å². The van der Waals surface area contributed by atoms with Crippen molar-refractivity contribution in [3.63, 3.8) is 0 Å². The van der Waals surface area contributed by atoms with Crippen LogP contribution in [0.1, 0.15) is 11.6 Å². The Morgan fingerprint density at radius 1 is 1.00 bits per heavy atom. The van der Waals surface area contributed by atoms with Gasteiger partial charge in [-0.2, -0.15) is 4.80 Å². The number of hydrogen-bond acceptors (Lipinski definition) is 5. The summed E-state index contributed by atoms with van der Waals surface area (Å²) in [6.45, 7) is 0.303. The predicted molar refractivity (Wildman–Crippen MR) is 117 cm³/mol. The number of carbonyl (C=O) groups excluding carboxylic acids is 1. The molecule has 8 heteroatoms. The van der Waals surface area contributed by atoms with Crippen molar-refractivity contribution in [2.45, 2.75) is 12.6 Å². The normalized spacial score (nSPS) is 15.3. The van der Waals surface area contributed by atoms with Crippen LogP contribution < -0.4 is 9.64 Å². The van der Waals surface area contributed by atoms with Crippen molar-refractivity contribution >= 4 is 23.2 Å². The predicted octanol–water partition coefficient (Wildman–Crippen LogP) is 4.16. The van der Waals surface area contributed by atoms with Crippen LogP contribution in [0.15, 0.2) is 78.9 Å². The fourth-order valence-electron chi connectivity index (χ4n) is 3.68.